The molecule has 0 amide bonds. The first-order valence-corrected chi connectivity index (χ1v) is 5.16. The van der Waals surface area contributed by atoms with Crippen LogP contribution in [-0.2, 0) is 6.61 Å². The van der Waals surface area contributed by atoms with Crippen LogP contribution in [0.15, 0.2) is 24.3 Å². The van der Waals surface area contributed by atoms with Crippen LogP contribution >= 0.6 is 0 Å². The smallest absolute Gasteiger partial charge is 0.322 e. The summed E-state index contributed by atoms with van der Waals surface area (Å²) in [5.74, 6) is -1.54. The van der Waals surface area contributed by atoms with E-state index in [-0.39, 0.29) is 18.4 Å². The molecule has 0 spiro atoms. The molecule has 0 atom stereocenters. The summed E-state index contributed by atoms with van der Waals surface area (Å²) < 4.78 is 31.1. The maximum Gasteiger partial charge on any atom is 0.322 e. The number of rotatable bonds is 3. The van der Waals surface area contributed by atoms with Crippen molar-refractivity contribution >= 4 is 0 Å². The summed E-state index contributed by atoms with van der Waals surface area (Å²) in [6.45, 7) is 1.43. The van der Waals surface area contributed by atoms with Crippen LogP contribution in [0.1, 0.15) is 11.4 Å². The zero-order valence-corrected chi connectivity index (χ0v) is 9.52. The normalized spacial score (nSPS) is 10.4. The Kier molecular flexibility index (Phi) is 3.47. The lowest BCUT2D eigenvalue weighted by Gasteiger charge is -2.06. The first-order chi connectivity index (χ1) is 8.56. The van der Waals surface area contributed by atoms with Gasteiger partial charge in [0.1, 0.15) is 17.4 Å². The number of ether oxygens (including phenoxy) is 1. The average molecular weight is 252 g/mol. The highest BCUT2D eigenvalue weighted by Crippen LogP contribution is 2.21. The fourth-order valence-corrected chi connectivity index (χ4v) is 1.42. The highest BCUT2D eigenvalue weighted by molar-refractivity contribution is 5.27. The van der Waals surface area contributed by atoms with Crippen molar-refractivity contribution in [1.29, 1.82) is 0 Å². The topological polar surface area (TPSA) is 55.2 Å². The summed E-state index contributed by atoms with van der Waals surface area (Å²) in [5.41, 5.74) is 0.954. The third kappa shape index (κ3) is 2.98. The van der Waals surface area contributed by atoms with E-state index in [1.165, 1.54) is 0 Å². The lowest BCUT2D eigenvalue weighted by molar-refractivity contribution is 0.274. The van der Waals surface area contributed by atoms with Gasteiger partial charge >= 0.3 is 6.01 Å². The van der Waals surface area contributed by atoms with Crippen LogP contribution in [-0.4, -0.2) is 15.1 Å². The van der Waals surface area contributed by atoms with E-state index in [0.717, 1.165) is 18.2 Å². The Labute approximate surface area is 102 Å². The number of hydrogen-bond acceptors (Lipinski definition) is 4. The Balaban J connectivity index is 2.30. The standard InChI is InChI=1S/C12H10F2N2O2/c1-7-2-10(6-17)16-12(15-7)18-11-4-8(13)3-9(14)5-11/h2-5,17H,6H2,1H3. The number of hydrogen-bond donors (Lipinski definition) is 1. The third-order valence-corrected chi connectivity index (χ3v) is 2.09. The van der Waals surface area contributed by atoms with E-state index in [4.69, 9.17) is 9.84 Å². The Morgan fingerprint density at radius 1 is 1.11 bits per heavy atom. The van der Waals surface area contributed by atoms with Crippen LogP contribution in [0.2, 0.25) is 0 Å². The summed E-state index contributed by atoms with van der Waals surface area (Å²) >= 11 is 0. The lowest BCUT2D eigenvalue weighted by atomic mass is 10.3. The van der Waals surface area contributed by atoms with E-state index < -0.39 is 11.6 Å². The van der Waals surface area contributed by atoms with Crippen LogP contribution in [0.5, 0.6) is 11.8 Å². The minimum Gasteiger partial charge on any atom is -0.424 e. The van der Waals surface area contributed by atoms with E-state index in [1.54, 1.807) is 13.0 Å². The summed E-state index contributed by atoms with van der Waals surface area (Å²) in [7, 11) is 0. The molecule has 0 bridgehead atoms. The minimum absolute atomic E-state index is 0.0398. The van der Waals surface area contributed by atoms with Gasteiger partial charge in [-0.15, -0.1) is 0 Å². The van der Waals surface area contributed by atoms with Crippen molar-refractivity contribution in [2.45, 2.75) is 13.5 Å². The molecule has 1 heterocycles. The van der Waals surface area contributed by atoms with Gasteiger partial charge in [0.15, 0.2) is 0 Å². The number of aliphatic hydroxyl groups excluding tert-OH is 1. The second-order valence-corrected chi connectivity index (χ2v) is 3.65. The van der Waals surface area contributed by atoms with Crippen molar-refractivity contribution in [2.24, 2.45) is 0 Å². The number of halogens is 2. The average Bonchev–Trinajstić information content (AvgIpc) is 2.26. The SMILES string of the molecule is Cc1cc(CO)nc(Oc2cc(F)cc(F)c2)n1. The van der Waals surface area contributed by atoms with Crippen LogP contribution in [0.25, 0.3) is 0 Å². The minimum atomic E-state index is -0.750. The Bertz CT molecular complexity index is 556. The Hall–Kier alpha value is -2.08. The molecule has 0 fully saturated rings. The molecule has 1 N–H and O–H groups in total. The van der Waals surface area contributed by atoms with Crippen molar-refractivity contribution in [3.63, 3.8) is 0 Å². The lowest BCUT2D eigenvalue weighted by Crippen LogP contribution is -1.99. The molecule has 94 valence electrons. The van der Waals surface area contributed by atoms with Crippen molar-refractivity contribution in [1.82, 2.24) is 9.97 Å². The van der Waals surface area contributed by atoms with Gasteiger partial charge in [-0.05, 0) is 13.0 Å². The fraction of sp³-hybridized carbons (Fsp3) is 0.167. The number of aromatic nitrogens is 2. The molecule has 0 saturated carbocycles. The Morgan fingerprint density at radius 3 is 2.39 bits per heavy atom. The zero-order chi connectivity index (χ0) is 13.1. The van der Waals surface area contributed by atoms with Crippen molar-refractivity contribution in [3.05, 3.63) is 47.3 Å². The maximum absolute atomic E-state index is 13.0. The second-order valence-electron chi connectivity index (χ2n) is 3.65. The van der Waals surface area contributed by atoms with Gasteiger partial charge in [0, 0.05) is 23.9 Å². The van der Waals surface area contributed by atoms with E-state index >= 15 is 0 Å². The van der Waals surface area contributed by atoms with E-state index in [0.29, 0.717) is 11.4 Å². The number of nitrogens with zero attached hydrogens (tertiary/aromatic N) is 2. The molecule has 6 heteroatoms. The van der Waals surface area contributed by atoms with Gasteiger partial charge in [-0.1, -0.05) is 0 Å². The van der Waals surface area contributed by atoms with E-state index in [1.807, 2.05) is 0 Å². The molecule has 0 saturated heterocycles. The maximum atomic E-state index is 13.0. The molecule has 0 radical (unpaired) electrons. The van der Waals surface area contributed by atoms with Gasteiger partial charge in [-0.2, -0.15) is 4.98 Å². The predicted octanol–water partition coefficient (Wildman–Crippen LogP) is 2.35. The van der Waals surface area contributed by atoms with Crippen LogP contribution in [0.4, 0.5) is 8.78 Å². The molecule has 2 aromatic rings. The van der Waals surface area contributed by atoms with Gasteiger partial charge in [0.05, 0.1) is 12.3 Å². The monoisotopic (exact) mass is 252 g/mol. The number of aliphatic hydroxyl groups is 1. The van der Waals surface area contributed by atoms with E-state index in [9.17, 15) is 8.78 Å². The third-order valence-electron chi connectivity index (χ3n) is 2.09. The van der Waals surface area contributed by atoms with Crippen molar-refractivity contribution in [3.8, 4) is 11.8 Å². The summed E-state index contributed by atoms with van der Waals surface area (Å²) in [5, 5.41) is 8.97. The zero-order valence-electron chi connectivity index (χ0n) is 9.52. The first kappa shape index (κ1) is 12.4. The van der Waals surface area contributed by atoms with E-state index in [2.05, 4.69) is 9.97 Å². The summed E-state index contributed by atoms with van der Waals surface area (Å²) in [6, 6.07) is 4.30. The molecule has 1 aromatic carbocycles. The van der Waals surface area contributed by atoms with Crippen LogP contribution < -0.4 is 4.74 Å². The fourth-order valence-electron chi connectivity index (χ4n) is 1.42. The van der Waals surface area contributed by atoms with Crippen LogP contribution in [0.3, 0.4) is 0 Å². The molecule has 2 rings (SSSR count). The Morgan fingerprint density at radius 2 is 1.78 bits per heavy atom. The molecular formula is C12H10F2N2O2. The number of benzene rings is 1. The van der Waals surface area contributed by atoms with Crippen LogP contribution in [0, 0.1) is 18.6 Å². The van der Waals surface area contributed by atoms with Crippen molar-refractivity contribution in [2.75, 3.05) is 0 Å². The van der Waals surface area contributed by atoms with Gasteiger partial charge in [-0.25, -0.2) is 13.8 Å². The molecule has 0 aliphatic carbocycles. The highest BCUT2D eigenvalue weighted by Gasteiger charge is 2.07. The second kappa shape index (κ2) is 5.05. The predicted molar refractivity (Wildman–Crippen MR) is 59.1 cm³/mol. The van der Waals surface area contributed by atoms with Gasteiger partial charge in [0.25, 0.3) is 0 Å². The highest BCUT2D eigenvalue weighted by atomic mass is 19.1. The molecule has 4 nitrogen and oxygen atoms in total. The summed E-state index contributed by atoms with van der Waals surface area (Å²) in [6.07, 6.45) is 0. The molecule has 0 aliphatic heterocycles. The first-order valence-electron chi connectivity index (χ1n) is 5.16. The largest absolute Gasteiger partial charge is 0.424 e. The molecule has 0 unspecified atom stereocenters. The van der Waals surface area contributed by atoms with Crippen molar-refractivity contribution < 1.29 is 18.6 Å². The number of aryl methyl sites for hydroxylation is 1. The summed E-state index contributed by atoms with van der Waals surface area (Å²) in [4.78, 5) is 7.83. The molecular weight excluding hydrogens is 242 g/mol. The molecule has 1 aromatic heterocycles. The quantitative estimate of drug-likeness (QED) is 0.911. The van der Waals surface area contributed by atoms with Gasteiger partial charge < -0.3 is 9.84 Å². The van der Waals surface area contributed by atoms with Gasteiger partial charge in [0.2, 0.25) is 0 Å². The van der Waals surface area contributed by atoms with Gasteiger partial charge in [-0.3, -0.25) is 0 Å². The molecule has 0 aliphatic rings. The molecule has 18 heavy (non-hydrogen) atoms.